The van der Waals surface area contributed by atoms with Gasteiger partial charge in [-0.15, -0.1) is 0 Å². The molecule has 45 nitrogen and oxygen atoms in total. The van der Waals surface area contributed by atoms with Crippen molar-refractivity contribution in [1.29, 1.82) is 5.41 Å². The molecule has 47 heteroatoms. The number of thioether (sulfide) groups is 1. The minimum absolute atomic E-state index is 0.0463. The molecule has 3 aromatic rings. The molecule has 3 rings (SSSR count). The number of phenolic OH excluding ortho intramolecular Hbond substituents is 2. The third-order valence-electron chi connectivity index (χ3n) is 18.1. The van der Waals surface area contributed by atoms with Gasteiger partial charge in [-0.25, -0.2) is 4.79 Å². The Labute approximate surface area is 717 Å². The zero-order chi connectivity index (χ0) is 92.3. The van der Waals surface area contributed by atoms with Crippen molar-refractivity contribution in [2.75, 3.05) is 63.8 Å². The third kappa shape index (κ3) is 38.3. The molecule has 16 amide bonds. The fraction of sp³-hybridized carbons (Fsp3) is 0.526. The SMILES string of the molecule is CSCC[C@H](NC(=O)[C@H](CCCNC(=N)N)NC(=O)[C@H](CC(N)=O)NC(=O)[C@H](Cc1ccc(O)cc1)NC(=O)[C@H](CO)NC(=O)CNC(=O)[C@@H](N)CS)C(=O)N[C@@H](CO)C(=O)N[C@@H](Cc1ccccc1)C(=O)N[C@@H](Cc1ccc(O)cc1)C(=O)N[C@H](C(=O)N[C@@H](CO)C(=O)N[C@@H](CO)C(=O)NCC(=O)N[C@@H](CC(C)C)C(=O)N[C@H](C(=O)O)C(C)C)[C@@H](C)O. The van der Waals surface area contributed by atoms with Crippen LogP contribution in [0.2, 0.25) is 0 Å². The van der Waals surface area contributed by atoms with Crippen molar-refractivity contribution in [3.8, 4) is 11.5 Å². The number of nitrogens with two attached hydrogens (primary N) is 3. The molecule has 0 unspecified atom stereocenters. The Balaban J connectivity index is 1.94. The van der Waals surface area contributed by atoms with Crippen molar-refractivity contribution in [2.45, 2.75) is 177 Å². The number of phenols is 2. The zero-order valence-corrected chi connectivity index (χ0v) is 70.2. The Morgan fingerprint density at radius 1 is 0.423 bits per heavy atom. The van der Waals surface area contributed by atoms with Crippen LogP contribution in [0.1, 0.15) is 83.4 Å². The molecule has 0 aromatic heterocycles. The summed E-state index contributed by atoms with van der Waals surface area (Å²) >= 11 is 5.11. The normalized spacial score (nSPS) is 14.7. The van der Waals surface area contributed by atoms with E-state index < -0.39 is 262 Å². The number of hydrogen-bond donors (Lipinski definition) is 29. The summed E-state index contributed by atoms with van der Waals surface area (Å²) in [6.07, 6.45) is -3.00. The van der Waals surface area contributed by atoms with Crippen molar-refractivity contribution in [1.82, 2.24) is 85.1 Å². The molecular weight excluding hydrogens is 1660 g/mol. The first-order valence-corrected chi connectivity index (χ1v) is 40.8. The second-order valence-electron chi connectivity index (χ2n) is 29.0. The summed E-state index contributed by atoms with van der Waals surface area (Å²) in [5.74, 6) is -20.9. The number of guanidine groups is 1. The van der Waals surface area contributed by atoms with Gasteiger partial charge in [0.1, 0.15) is 90.0 Å². The van der Waals surface area contributed by atoms with Crippen LogP contribution in [0.5, 0.6) is 11.5 Å². The van der Waals surface area contributed by atoms with Crippen LogP contribution in [0.4, 0.5) is 0 Å². The molecule has 0 saturated heterocycles. The number of hydrogen-bond acceptors (Lipinski definition) is 28. The molecule has 0 saturated carbocycles. The lowest BCUT2D eigenvalue weighted by molar-refractivity contribution is -0.143. The first kappa shape index (κ1) is 105. The van der Waals surface area contributed by atoms with E-state index in [1.807, 2.05) is 0 Å². The smallest absolute Gasteiger partial charge is 0.326 e. The number of rotatable bonds is 55. The lowest BCUT2D eigenvalue weighted by Crippen LogP contribution is -2.63. The van der Waals surface area contributed by atoms with Crippen LogP contribution in [-0.4, -0.2) is 302 Å². The summed E-state index contributed by atoms with van der Waals surface area (Å²) < 4.78 is 0. The molecule has 0 spiro atoms. The van der Waals surface area contributed by atoms with Crippen LogP contribution in [0, 0.1) is 17.2 Å². The van der Waals surface area contributed by atoms with E-state index in [0.29, 0.717) is 5.56 Å². The second kappa shape index (κ2) is 54.4. The van der Waals surface area contributed by atoms with E-state index in [9.17, 15) is 122 Å². The number of carbonyl (C=O) groups excluding carboxylic acids is 16. The van der Waals surface area contributed by atoms with Crippen molar-refractivity contribution < 1.29 is 122 Å². The van der Waals surface area contributed by atoms with Gasteiger partial charge in [-0.2, -0.15) is 24.4 Å². The summed E-state index contributed by atoms with van der Waals surface area (Å²) in [6.45, 7) is 1.37. The van der Waals surface area contributed by atoms with E-state index in [0.717, 1.165) is 6.92 Å². The van der Waals surface area contributed by atoms with Crippen LogP contribution in [0.15, 0.2) is 78.9 Å². The minimum atomic E-state index is -2.04. The van der Waals surface area contributed by atoms with Crippen molar-refractivity contribution >= 4 is 131 Å². The van der Waals surface area contributed by atoms with E-state index in [4.69, 9.17) is 22.6 Å². The lowest BCUT2D eigenvalue weighted by atomic mass is 10.0. The van der Waals surface area contributed by atoms with Crippen LogP contribution < -0.4 is 102 Å². The minimum Gasteiger partial charge on any atom is -0.508 e. The number of primary amides is 1. The van der Waals surface area contributed by atoms with E-state index in [-0.39, 0.29) is 78.7 Å². The van der Waals surface area contributed by atoms with Crippen LogP contribution >= 0.6 is 24.4 Å². The fourth-order valence-corrected chi connectivity index (χ4v) is 12.1. The van der Waals surface area contributed by atoms with Gasteiger partial charge in [0.2, 0.25) is 94.5 Å². The highest BCUT2D eigenvalue weighted by Crippen LogP contribution is 2.17. The maximum atomic E-state index is 14.8. The molecule has 680 valence electrons. The number of carboxylic acid groups (broad SMARTS) is 1. The van der Waals surface area contributed by atoms with Crippen LogP contribution in [-0.2, 0) is 101 Å². The van der Waals surface area contributed by atoms with Crippen LogP contribution in [0.3, 0.4) is 0 Å². The van der Waals surface area contributed by atoms with Gasteiger partial charge in [-0.3, -0.25) is 82.1 Å². The van der Waals surface area contributed by atoms with E-state index >= 15 is 0 Å². The predicted molar refractivity (Wildman–Crippen MR) is 445 cm³/mol. The molecule has 0 heterocycles. The van der Waals surface area contributed by atoms with Gasteiger partial charge in [-0.1, -0.05) is 82.3 Å². The molecule has 3 aromatic carbocycles. The second-order valence-corrected chi connectivity index (χ2v) is 30.4. The maximum Gasteiger partial charge on any atom is 0.326 e. The molecule has 0 bridgehead atoms. The average molecular weight is 1770 g/mol. The van der Waals surface area contributed by atoms with Gasteiger partial charge in [0.05, 0.1) is 58.1 Å². The number of nitrogens with one attached hydrogen (secondary N) is 17. The number of aliphatic hydroxyl groups excluding tert-OH is 5. The highest BCUT2D eigenvalue weighted by Gasteiger charge is 2.39. The van der Waals surface area contributed by atoms with Gasteiger partial charge in [0, 0.05) is 31.6 Å². The first-order chi connectivity index (χ1) is 58.1. The average Bonchev–Trinajstić information content (AvgIpc) is 0.777. The summed E-state index contributed by atoms with van der Waals surface area (Å²) in [4.78, 5) is 232. The highest BCUT2D eigenvalue weighted by molar-refractivity contribution is 7.98. The molecule has 0 aliphatic carbocycles. The van der Waals surface area contributed by atoms with Crippen molar-refractivity contribution in [3.05, 3.63) is 95.6 Å². The number of carboxylic acids is 1. The van der Waals surface area contributed by atoms with Crippen molar-refractivity contribution in [3.63, 3.8) is 0 Å². The molecule has 123 heavy (non-hydrogen) atoms. The van der Waals surface area contributed by atoms with Crippen LogP contribution in [0.25, 0.3) is 0 Å². The van der Waals surface area contributed by atoms with Gasteiger partial charge in [-0.05, 0) is 97.4 Å². The lowest BCUT2D eigenvalue weighted by Gasteiger charge is -2.28. The standard InChI is InChI=1S/C76H114N20O25S2/c1-37(2)25-48(69(114)95-60(38(3)4)75(120)121)84-58(105)31-83-63(108)53(32-97)92-73(118)56(35-100)94-74(119)61(39(5)101)96-70(115)51(28-42-16-20-44(103)21-17-42)88-66(111)49(26-40-11-8-7-9-12-40)90-72(117)55(34-99)93-65(110)47(22-24-123-6)87-64(109)46(13-10-23-81-76(79)80)86-68(113)52(29-57(78)104)91-67(112)50(27-41-14-18-43(102)19-15-41)89-71(116)54(33-98)85-59(106)30-82-62(107)45(77)36-122/h7-9,11-12,14-21,37-39,45-56,60-61,97-103,122H,10,13,22-36,77H2,1-6H3,(H2,78,104)(H,82,107)(H,83,108)(H,84,105)(H,85,106)(H,86,113)(H,87,109)(H,88,111)(H,89,116)(H,90,117)(H,91,112)(H,92,118)(H,93,110)(H,94,119)(H,95,114)(H,96,115)(H,120,121)(H4,79,80,81)/t39-,45+,46+,47+,48+,49+,50+,51+,52+,53+,54+,55+,56+,60+,61+/m1/s1. The summed E-state index contributed by atoms with van der Waals surface area (Å²) in [7, 11) is 0. The Morgan fingerprint density at radius 2 is 0.772 bits per heavy atom. The Kier molecular flexibility index (Phi) is 46.5. The maximum absolute atomic E-state index is 14.8. The Morgan fingerprint density at radius 3 is 1.18 bits per heavy atom. The molecule has 31 N–H and O–H groups in total. The number of benzene rings is 3. The molecule has 0 radical (unpaired) electrons. The largest absolute Gasteiger partial charge is 0.508 e. The number of carbonyl (C=O) groups is 17. The number of aliphatic carboxylic acids is 1. The third-order valence-corrected chi connectivity index (χ3v) is 19.2. The Hall–Kier alpha value is -12.0. The summed E-state index contributed by atoms with van der Waals surface area (Å²) in [5, 5.41) is 127. The highest BCUT2D eigenvalue weighted by atomic mass is 32.2. The monoisotopic (exact) mass is 1770 g/mol. The number of thiol groups is 1. The van der Waals surface area contributed by atoms with Gasteiger partial charge < -0.3 is 143 Å². The molecule has 15 atom stereocenters. The van der Waals surface area contributed by atoms with Crippen molar-refractivity contribution in [2.24, 2.45) is 29.0 Å². The zero-order valence-electron chi connectivity index (χ0n) is 68.4. The van der Waals surface area contributed by atoms with E-state index in [1.165, 1.54) is 60.3 Å². The number of amides is 16. The Bertz CT molecular complexity index is 4080. The predicted octanol–water partition coefficient (Wildman–Crippen LogP) is -10.1. The first-order valence-electron chi connectivity index (χ1n) is 38.7. The quantitative estimate of drug-likeness (QED) is 0.0108. The summed E-state index contributed by atoms with van der Waals surface area (Å²) in [5.41, 5.74) is 17.6. The summed E-state index contributed by atoms with van der Waals surface area (Å²) in [6, 6.07) is -5.58. The molecule has 0 aliphatic heterocycles. The number of aliphatic hydroxyl groups is 5. The molecule has 0 fully saturated rings. The van der Waals surface area contributed by atoms with E-state index in [1.54, 1.807) is 64.3 Å². The van der Waals surface area contributed by atoms with Gasteiger partial charge >= 0.3 is 5.97 Å². The molecule has 0 aliphatic rings. The van der Waals surface area contributed by atoms with Gasteiger partial charge in [0.15, 0.2) is 5.96 Å². The number of aromatic hydroxyl groups is 2. The molecular formula is C76H114N20O25S2. The van der Waals surface area contributed by atoms with Gasteiger partial charge in [0.25, 0.3) is 0 Å². The fourth-order valence-electron chi connectivity index (χ4n) is 11.4. The van der Waals surface area contributed by atoms with E-state index in [2.05, 4.69) is 97.7 Å². The topological polar surface area (TPSA) is 746 Å².